The van der Waals surface area contributed by atoms with Crippen molar-refractivity contribution in [2.75, 3.05) is 6.61 Å². The van der Waals surface area contributed by atoms with Gasteiger partial charge in [-0.15, -0.1) is 6.58 Å². The zero-order valence-electron chi connectivity index (χ0n) is 17.2. The fourth-order valence-electron chi connectivity index (χ4n) is 3.71. The maximum absolute atomic E-state index is 14.9. The molecule has 0 radical (unpaired) electrons. The minimum Gasteiger partial charge on any atom is -0.420 e. The molecule has 1 fully saturated rings. The Morgan fingerprint density at radius 1 is 1.19 bits per heavy atom. The fraction of sp³-hybridized carbons (Fsp3) is 0.375. The molecule has 3 nitrogen and oxygen atoms in total. The van der Waals surface area contributed by atoms with E-state index in [9.17, 15) is 22.4 Å². The molecule has 0 aromatic heterocycles. The van der Waals surface area contributed by atoms with Gasteiger partial charge in [-0.3, -0.25) is 0 Å². The summed E-state index contributed by atoms with van der Waals surface area (Å²) in [6, 6.07) is 8.51. The van der Waals surface area contributed by atoms with Gasteiger partial charge in [0.15, 0.2) is 11.6 Å². The molecule has 1 aliphatic heterocycles. The molecule has 3 rings (SSSR count). The number of ether oxygens (including phenoxy) is 2. The minimum absolute atomic E-state index is 0.0387. The second-order valence-corrected chi connectivity index (χ2v) is 7.69. The van der Waals surface area contributed by atoms with Crippen molar-refractivity contribution in [3.63, 3.8) is 0 Å². The fourth-order valence-corrected chi connectivity index (χ4v) is 3.71. The summed E-state index contributed by atoms with van der Waals surface area (Å²) in [6.45, 7) is 5.55. The third kappa shape index (κ3) is 5.53. The van der Waals surface area contributed by atoms with Crippen LogP contribution in [-0.2, 0) is 10.9 Å². The van der Waals surface area contributed by atoms with Crippen LogP contribution in [0, 0.1) is 12.7 Å². The second kappa shape index (κ2) is 9.64. The zero-order valence-corrected chi connectivity index (χ0v) is 17.2. The van der Waals surface area contributed by atoms with Crippen LogP contribution < -0.4 is 4.74 Å². The molecule has 0 aliphatic carbocycles. The number of aryl methyl sites for hydroxylation is 1. The largest absolute Gasteiger partial charge is 0.420 e. The van der Waals surface area contributed by atoms with Gasteiger partial charge in [0.05, 0.1) is 23.8 Å². The van der Waals surface area contributed by atoms with Crippen LogP contribution in [-0.4, -0.2) is 18.7 Å². The zero-order chi connectivity index (χ0) is 22.6. The number of rotatable bonds is 6. The molecule has 0 saturated carbocycles. The Hall–Kier alpha value is -2.67. The number of esters is 1. The van der Waals surface area contributed by atoms with Gasteiger partial charge in [-0.2, -0.15) is 13.2 Å². The lowest BCUT2D eigenvalue weighted by atomic mass is 9.87. The highest BCUT2D eigenvalue weighted by Gasteiger charge is 2.41. The summed E-state index contributed by atoms with van der Waals surface area (Å²) in [6.07, 6.45) is -0.657. The van der Waals surface area contributed by atoms with Crippen molar-refractivity contribution in [3.8, 4) is 5.75 Å². The number of alkyl halides is 3. The van der Waals surface area contributed by atoms with Crippen molar-refractivity contribution < 1.29 is 31.8 Å². The van der Waals surface area contributed by atoms with Gasteiger partial charge < -0.3 is 9.47 Å². The Labute approximate surface area is 178 Å². The predicted octanol–water partition coefficient (Wildman–Crippen LogP) is 6.60. The van der Waals surface area contributed by atoms with Crippen LogP contribution in [0.25, 0.3) is 0 Å². The smallest absolute Gasteiger partial charge is 0.419 e. The molecule has 1 aliphatic rings. The molecule has 2 unspecified atom stereocenters. The van der Waals surface area contributed by atoms with E-state index in [-0.39, 0.29) is 23.8 Å². The van der Waals surface area contributed by atoms with Crippen LogP contribution in [0.3, 0.4) is 0 Å². The van der Waals surface area contributed by atoms with Crippen LogP contribution >= 0.6 is 0 Å². The molecule has 0 spiro atoms. The molecule has 0 bridgehead atoms. The Morgan fingerprint density at radius 2 is 1.90 bits per heavy atom. The molecular formula is C24H24F4O3. The van der Waals surface area contributed by atoms with Crippen molar-refractivity contribution in [2.24, 2.45) is 0 Å². The van der Waals surface area contributed by atoms with Gasteiger partial charge in [0, 0.05) is 5.92 Å². The van der Waals surface area contributed by atoms with Gasteiger partial charge in [0.1, 0.15) is 0 Å². The monoisotopic (exact) mass is 436 g/mol. The van der Waals surface area contributed by atoms with Crippen molar-refractivity contribution in [3.05, 3.63) is 77.1 Å². The summed E-state index contributed by atoms with van der Waals surface area (Å²) in [7, 11) is 0. The van der Waals surface area contributed by atoms with Crippen molar-refractivity contribution in [1.29, 1.82) is 0 Å². The molecule has 1 heterocycles. The standard InChI is InChI=1S/C24H24F4O3/c1-3-4-5-18-11-10-17(14-30-18)19-12-13-20(22(25)21(19)24(26,27)28)31-23(29)16-8-6-15(2)7-9-16/h3,6-9,12-13,17-18H,1,4-5,10-11,14H2,2H3. The van der Waals surface area contributed by atoms with E-state index in [0.717, 1.165) is 24.5 Å². The molecular weight excluding hydrogens is 412 g/mol. The Kier molecular flexibility index (Phi) is 7.15. The first-order valence-corrected chi connectivity index (χ1v) is 10.1. The molecule has 0 N–H and O–H groups in total. The molecule has 166 valence electrons. The lowest BCUT2D eigenvalue weighted by Crippen LogP contribution is -2.27. The first kappa shape index (κ1) is 23.0. The SMILES string of the molecule is C=CCCC1CCC(c2ccc(OC(=O)c3ccc(C)cc3)c(F)c2C(F)(F)F)CO1. The second-order valence-electron chi connectivity index (χ2n) is 7.69. The summed E-state index contributed by atoms with van der Waals surface area (Å²) < 4.78 is 66.8. The number of carbonyl (C=O) groups excluding carboxylic acids is 1. The molecule has 1 saturated heterocycles. The van der Waals surface area contributed by atoms with Crippen LogP contribution in [0.1, 0.15) is 58.6 Å². The maximum atomic E-state index is 14.9. The molecule has 2 aromatic carbocycles. The highest BCUT2D eigenvalue weighted by atomic mass is 19.4. The Bertz CT molecular complexity index is 927. The highest BCUT2D eigenvalue weighted by Crippen LogP contribution is 2.42. The molecule has 7 heteroatoms. The van der Waals surface area contributed by atoms with Crippen LogP contribution in [0.4, 0.5) is 17.6 Å². The first-order chi connectivity index (χ1) is 14.7. The summed E-state index contributed by atoms with van der Waals surface area (Å²) in [5, 5.41) is 0. The van der Waals surface area contributed by atoms with Gasteiger partial charge in [0.25, 0.3) is 0 Å². The van der Waals surface area contributed by atoms with E-state index >= 15 is 0 Å². The van der Waals surface area contributed by atoms with E-state index in [1.165, 1.54) is 18.2 Å². The minimum atomic E-state index is -4.94. The number of allylic oxidation sites excluding steroid dienone is 1. The number of benzene rings is 2. The quantitative estimate of drug-likeness (QED) is 0.221. The van der Waals surface area contributed by atoms with Crippen LogP contribution in [0.15, 0.2) is 49.1 Å². The third-order valence-electron chi connectivity index (χ3n) is 5.41. The average Bonchev–Trinajstić information content (AvgIpc) is 2.73. The number of hydrogen-bond acceptors (Lipinski definition) is 3. The van der Waals surface area contributed by atoms with Crippen LogP contribution in [0.2, 0.25) is 0 Å². The van der Waals surface area contributed by atoms with Crippen molar-refractivity contribution in [2.45, 2.75) is 50.8 Å². The lowest BCUT2D eigenvalue weighted by Gasteiger charge is -2.31. The number of hydrogen-bond donors (Lipinski definition) is 0. The van der Waals surface area contributed by atoms with E-state index in [1.54, 1.807) is 18.2 Å². The Morgan fingerprint density at radius 3 is 2.48 bits per heavy atom. The summed E-state index contributed by atoms with van der Waals surface area (Å²) in [5.74, 6) is -3.85. The maximum Gasteiger partial charge on any atom is 0.419 e. The van der Waals surface area contributed by atoms with Gasteiger partial charge in [-0.25, -0.2) is 9.18 Å². The highest BCUT2D eigenvalue weighted by molar-refractivity contribution is 5.91. The summed E-state index contributed by atoms with van der Waals surface area (Å²) >= 11 is 0. The van der Waals surface area contributed by atoms with Crippen molar-refractivity contribution >= 4 is 5.97 Å². The summed E-state index contributed by atoms with van der Waals surface area (Å²) in [5.41, 5.74) is -0.566. The molecule has 2 aromatic rings. The van der Waals surface area contributed by atoms with E-state index in [2.05, 4.69) is 6.58 Å². The van der Waals surface area contributed by atoms with E-state index in [4.69, 9.17) is 9.47 Å². The van der Waals surface area contributed by atoms with Gasteiger partial charge in [-0.05, 0) is 56.4 Å². The van der Waals surface area contributed by atoms with Gasteiger partial charge in [0.2, 0.25) is 0 Å². The van der Waals surface area contributed by atoms with Gasteiger partial charge >= 0.3 is 12.1 Å². The van der Waals surface area contributed by atoms with E-state index in [1.807, 2.05) is 6.92 Å². The van der Waals surface area contributed by atoms with E-state index < -0.39 is 35.2 Å². The van der Waals surface area contributed by atoms with Crippen LogP contribution in [0.5, 0.6) is 5.75 Å². The normalized spacial score (nSPS) is 19.1. The van der Waals surface area contributed by atoms with E-state index in [0.29, 0.717) is 12.8 Å². The topological polar surface area (TPSA) is 35.5 Å². The summed E-state index contributed by atoms with van der Waals surface area (Å²) in [4.78, 5) is 12.3. The number of halogens is 4. The molecule has 0 amide bonds. The Balaban J connectivity index is 1.84. The average molecular weight is 436 g/mol. The van der Waals surface area contributed by atoms with Crippen molar-refractivity contribution in [1.82, 2.24) is 0 Å². The predicted molar refractivity (Wildman–Crippen MR) is 109 cm³/mol. The first-order valence-electron chi connectivity index (χ1n) is 10.1. The lowest BCUT2D eigenvalue weighted by molar-refractivity contribution is -0.141. The third-order valence-corrected chi connectivity index (χ3v) is 5.41. The molecule has 2 atom stereocenters. The number of carbonyl (C=O) groups is 1. The molecule has 31 heavy (non-hydrogen) atoms. The van der Waals surface area contributed by atoms with Gasteiger partial charge in [-0.1, -0.05) is 29.8 Å².